The highest BCUT2D eigenvalue weighted by Crippen LogP contribution is 2.24. The average molecular weight is 347 g/mol. The lowest BCUT2D eigenvalue weighted by Crippen LogP contribution is -2.13. The molecule has 0 saturated heterocycles. The van der Waals surface area contributed by atoms with Crippen molar-refractivity contribution in [3.8, 4) is 5.75 Å². The Morgan fingerprint density at radius 3 is 2.67 bits per heavy atom. The third-order valence-electron chi connectivity index (χ3n) is 3.41. The van der Waals surface area contributed by atoms with Crippen LogP contribution in [-0.4, -0.2) is 38.9 Å². The molecule has 0 fully saturated rings. The number of anilines is 1. The molecular formula is C16H17N3O4S. The molecule has 0 aliphatic carbocycles. The molecule has 0 spiro atoms. The van der Waals surface area contributed by atoms with Crippen LogP contribution in [-0.2, 0) is 14.8 Å². The van der Waals surface area contributed by atoms with E-state index in [9.17, 15) is 8.42 Å². The van der Waals surface area contributed by atoms with Gasteiger partial charge in [-0.05, 0) is 30.3 Å². The minimum absolute atomic E-state index is 0.151. The summed E-state index contributed by atoms with van der Waals surface area (Å²) >= 11 is 0. The Morgan fingerprint density at radius 1 is 1.12 bits per heavy atom. The van der Waals surface area contributed by atoms with Gasteiger partial charge in [0.25, 0.3) is 10.0 Å². The second kappa shape index (κ2) is 6.90. The first-order chi connectivity index (χ1) is 11.6. The fraction of sp³-hybridized carbons (Fsp3) is 0.188. The fourth-order valence-electron chi connectivity index (χ4n) is 2.22. The van der Waals surface area contributed by atoms with Crippen LogP contribution in [0.2, 0.25) is 0 Å². The summed E-state index contributed by atoms with van der Waals surface area (Å²) in [7, 11) is -2.11. The number of aromatic amines is 1. The molecule has 1 aromatic heterocycles. The number of aromatic nitrogens is 2. The molecule has 1 heterocycles. The molecule has 2 aromatic carbocycles. The number of para-hydroxylation sites is 1. The van der Waals surface area contributed by atoms with E-state index in [4.69, 9.17) is 9.47 Å². The maximum atomic E-state index is 12.5. The molecule has 0 aliphatic rings. The summed E-state index contributed by atoms with van der Waals surface area (Å²) in [5.41, 5.74) is 1.09. The Kier molecular flexibility index (Phi) is 4.68. The Hall–Kier alpha value is -2.58. The molecule has 2 N–H and O–H groups in total. The van der Waals surface area contributed by atoms with Gasteiger partial charge in [0.05, 0.1) is 28.9 Å². The number of ether oxygens (including phenoxy) is 2. The maximum absolute atomic E-state index is 12.5. The van der Waals surface area contributed by atoms with E-state index in [0.29, 0.717) is 30.2 Å². The number of fused-ring (bicyclic) bond motifs is 1. The van der Waals surface area contributed by atoms with E-state index in [1.54, 1.807) is 37.6 Å². The molecule has 0 saturated carbocycles. The molecule has 0 aliphatic heterocycles. The molecule has 24 heavy (non-hydrogen) atoms. The zero-order chi connectivity index (χ0) is 17.0. The SMILES string of the molecule is COCCOc1ccc(S(=O)(=O)Nc2cccc3cn[nH]c23)cc1. The van der Waals surface area contributed by atoms with E-state index in [1.165, 1.54) is 12.1 Å². The van der Waals surface area contributed by atoms with Crippen molar-refractivity contribution >= 4 is 26.6 Å². The fourth-order valence-corrected chi connectivity index (χ4v) is 3.29. The van der Waals surface area contributed by atoms with Gasteiger partial charge in [0.15, 0.2) is 0 Å². The second-order valence-electron chi connectivity index (χ2n) is 5.06. The van der Waals surface area contributed by atoms with Gasteiger partial charge in [0.1, 0.15) is 12.4 Å². The summed E-state index contributed by atoms with van der Waals surface area (Å²) in [6, 6.07) is 11.5. The number of nitrogens with zero attached hydrogens (tertiary/aromatic N) is 1. The number of rotatable bonds is 7. The van der Waals surface area contributed by atoms with Crippen molar-refractivity contribution in [2.45, 2.75) is 4.90 Å². The summed E-state index contributed by atoms with van der Waals surface area (Å²) in [5, 5.41) is 7.55. The summed E-state index contributed by atoms with van der Waals surface area (Å²) < 4.78 is 38.0. The topological polar surface area (TPSA) is 93.3 Å². The van der Waals surface area contributed by atoms with Gasteiger partial charge in [0.2, 0.25) is 0 Å². The molecule has 0 bridgehead atoms. The number of sulfonamides is 1. The highest BCUT2D eigenvalue weighted by molar-refractivity contribution is 7.92. The van der Waals surface area contributed by atoms with Gasteiger partial charge in [-0.15, -0.1) is 0 Å². The lowest BCUT2D eigenvalue weighted by Gasteiger charge is -2.10. The Morgan fingerprint density at radius 2 is 1.92 bits per heavy atom. The van der Waals surface area contributed by atoms with Gasteiger partial charge in [-0.3, -0.25) is 9.82 Å². The van der Waals surface area contributed by atoms with E-state index < -0.39 is 10.0 Å². The number of hydrogen-bond acceptors (Lipinski definition) is 5. The first kappa shape index (κ1) is 16.3. The quantitative estimate of drug-likeness (QED) is 0.640. The van der Waals surface area contributed by atoms with E-state index in [0.717, 1.165) is 5.39 Å². The third-order valence-corrected chi connectivity index (χ3v) is 4.79. The van der Waals surface area contributed by atoms with Gasteiger partial charge in [-0.25, -0.2) is 8.42 Å². The van der Waals surface area contributed by atoms with Crippen molar-refractivity contribution in [2.75, 3.05) is 25.0 Å². The zero-order valence-electron chi connectivity index (χ0n) is 13.0. The molecule has 0 radical (unpaired) electrons. The van der Waals surface area contributed by atoms with Gasteiger partial charge in [-0.1, -0.05) is 12.1 Å². The van der Waals surface area contributed by atoms with Crippen LogP contribution in [0.15, 0.2) is 53.6 Å². The summed E-state index contributed by atoms with van der Waals surface area (Å²) in [6.07, 6.45) is 1.64. The van der Waals surface area contributed by atoms with Crippen molar-refractivity contribution < 1.29 is 17.9 Å². The number of benzene rings is 2. The van der Waals surface area contributed by atoms with Gasteiger partial charge in [-0.2, -0.15) is 5.10 Å². The minimum Gasteiger partial charge on any atom is -0.491 e. The normalized spacial score (nSPS) is 11.5. The molecule has 7 nitrogen and oxygen atoms in total. The molecule has 8 heteroatoms. The Balaban J connectivity index is 1.79. The van der Waals surface area contributed by atoms with Crippen LogP contribution < -0.4 is 9.46 Å². The van der Waals surface area contributed by atoms with Gasteiger partial charge >= 0.3 is 0 Å². The molecule has 3 aromatic rings. The van der Waals surface area contributed by atoms with Crippen molar-refractivity contribution in [1.29, 1.82) is 0 Å². The molecule has 0 atom stereocenters. The first-order valence-electron chi connectivity index (χ1n) is 7.27. The number of hydrogen-bond donors (Lipinski definition) is 2. The van der Waals surface area contributed by atoms with Crippen LogP contribution in [0.1, 0.15) is 0 Å². The van der Waals surface area contributed by atoms with Crippen molar-refractivity contribution in [2.24, 2.45) is 0 Å². The van der Waals surface area contributed by atoms with E-state index in [1.807, 2.05) is 6.07 Å². The van der Waals surface area contributed by atoms with Crippen LogP contribution in [0, 0.1) is 0 Å². The summed E-state index contributed by atoms with van der Waals surface area (Å²) in [4.78, 5) is 0.151. The highest BCUT2D eigenvalue weighted by atomic mass is 32.2. The number of nitrogens with one attached hydrogen (secondary N) is 2. The van der Waals surface area contributed by atoms with Crippen molar-refractivity contribution in [3.63, 3.8) is 0 Å². The van der Waals surface area contributed by atoms with Gasteiger partial charge < -0.3 is 9.47 Å². The highest BCUT2D eigenvalue weighted by Gasteiger charge is 2.16. The predicted molar refractivity (Wildman–Crippen MR) is 90.7 cm³/mol. The average Bonchev–Trinajstić information content (AvgIpc) is 3.05. The minimum atomic E-state index is -3.70. The summed E-state index contributed by atoms with van der Waals surface area (Å²) in [6.45, 7) is 0.873. The first-order valence-corrected chi connectivity index (χ1v) is 8.75. The molecule has 126 valence electrons. The van der Waals surface area contributed by atoms with Crippen molar-refractivity contribution in [3.05, 3.63) is 48.7 Å². The van der Waals surface area contributed by atoms with Crippen LogP contribution in [0.4, 0.5) is 5.69 Å². The lowest BCUT2D eigenvalue weighted by atomic mass is 10.2. The monoisotopic (exact) mass is 347 g/mol. The Bertz CT molecular complexity index is 920. The molecule has 0 unspecified atom stereocenters. The van der Waals surface area contributed by atoms with Gasteiger partial charge in [0, 0.05) is 12.5 Å². The third kappa shape index (κ3) is 3.50. The largest absolute Gasteiger partial charge is 0.491 e. The Labute approximate surface area is 139 Å². The maximum Gasteiger partial charge on any atom is 0.261 e. The number of H-pyrrole nitrogens is 1. The second-order valence-corrected chi connectivity index (χ2v) is 6.74. The zero-order valence-corrected chi connectivity index (χ0v) is 13.8. The molecular weight excluding hydrogens is 330 g/mol. The van der Waals surface area contributed by atoms with Crippen LogP contribution in [0.3, 0.4) is 0 Å². The van der Waals surface area contributed by atoms with Crippen LogP contribution >= 0.6 is 0 Å². The van der Waals surface area contributed by atoms with Crippen LogP contribution in [0.5, 0.6) is 5.75 Å². The standard InChI is InChI=1S/C16H17N3O4S/c1-22-9-10-23-13-5-7-14(8-6-13)24(20,21)19-15-4-2-3-12-11-17-18-16(12)15/h2-8,11,19H,9-10H2,1H3,(H,17,18). The summed E-state index contributed by atoms with van der Waals surface area (Å²) in [5.74, 6) is 0.585. The lowest BCUT2D eigenvalue weighted by molar-refractivity contribution is 0.146. The number of methoxy groups -OCH3 is 1. The van der Waals surface area contributed by atoms with Crippen molar-refractivity contribution in [1.82, 2.24) is 10.2 Å². The van der Waals surface area contributed by atoms with E-state index in [2.05, 4.69) is 14.9 Å². The van der Waals surface area contributed by atoms with E-state index >= 15 is 0 Å². The molecule has 3 rings (SSSR count). The van der Waals surface area contributed by atoms with E-state index in [-0.39, 0.29) is 4.90 Å². The molecule has 0 amide bonds. The predicted octanol–water partition coefficient (Wildman–Crippen LogP) is 2.39. The van der Waals surface area contributed by atoms with Crippen LogP contribution in [0.25, 0.3) is 10.9 Å². The smallest absolute Gasteiger partial charge is 0.261 e.